The van der Waals surface area contributed by atoms with E-state index < -0.39 is 15.9 Å². The van der Waals surface area contributed by atoms with Crippen molar-refractivity contribution >= 4 is 15.9 Å². The van der Waals surface area contributed by atoms with Gasteiger partial charge in [0.2, 0.25) is 10.0 Å². The van der Waals surface area contributed by atoms with E-state index in [1.807, 2.05) is 0 Å². The Balaban J connectivity index is 2.60. The van der Waals surface area contributed by atoms with Crippen LogP contribution in [-0.4, -0.2) is 45.4 Å². The highest BCUT2D eigenvalue weighted by molar-refractivity contribution is 7.89. The minimum atomic E-state index is -3.38. The zero-order valence-electron chi connectivity index (χ0n) is 11.3. The first-order chi connectivity index (χ1) is 9.39. The second-order valence-electron chi connectivity index (χ2n) is 3.96. The maximum atomic E-state index is 11.8. The molecule has 0 aliphatic carbocycles. The monoisotopic (exact) mass is 302 g/mol. The number of hydrogen-bond acceptors (Lipinski definition) is 5. The quantitative estimate of drug-likeness (QED) is 0.661. The van der Waals surface area contributed by atoms with Crippen LogP contribution >= 0.6 is 0 Å². The second kappa shape index (κ2) is 7.11. The number of nitrogens with one attached hydrogen (secondary N) is 2. The molecule has 0 aliphatic rings. The summed E-state index contributed by atoms with van der Waals surface area (Å²) in [6.07, 6.45) is 0. The molecule has 0 aliphatic heterocycles. The van der Waals surface area contributed by atoms with Gasteiger partial charge in [-0.2, -0.15) is 0 Å². The van der Waals surface area contributed by atoms with Gasteiger partial charge < -0.3 is 15.2 Å². The number of aromatic hydroxyl groups is 1. The number of sulfonamides is 1. The van der Waals surface area contributed by atoms with Crippen molar-refractivity contribution in [2.75, 3.05) is 26.0 Å². The van der Waals surface area contributed by atoms with Crippen molar-refractivity contribution in [2.24, 2.45) is 0 Å². The van der Waals surface area contributed by atoms with Crippen LogP contribution in [0, 0.1) is 0 Å². The molecule has 20 heavy (non-hydrogen) atoms. The van der Waals surface area contributed by atoms with E-state index in [1.54, 1.807) is 6.92 Å². The number of phenols is 1. The average Bonchev–Trinajstić information content (AvgIpc) is 2.37. The van der Waals surface area contributed by atoms with Gasteiger partial charge in [-0.1, -0.05) is 6.92 Å². The number of methoxy groups -OCH3 is 1. The first-order valence-electron chi connectivity index (χ1n) is 6.02. The zero-order chi connectivity index (χ0) is 15.2. The molecule has 1 rings (SSSR count). The molecule has 112 valence electrons. The predicted molar refractivity (Wildman–Crippen MR) is 74.5 cm³/mol. The summed E-state index contributed by atoms with van der Waals surface area (Å²) in [5.74, 6) is -0.564. The Kier molecular flexibility index (Phi) is 5.78. The van der Waals surface area contributed by atoms with Crippen LogP contribution in [0.5, 0.6) is 11.5 Å². The summed E-state index contributed by atoms with van der Waals surface area (Å²) in [7, 11) is -1.93. The fraction of sp³-hybridized carbons (Fsp3) is 0.417. The highest BCUT2D eigenvalue weighted by Crippen LogP contribution is 2.23. The summed E-state index contributed by atoms with van der Waals surface area (Å²) in [4.78, 5) is 11.8. The van der Waals surface area contributed by atoms with Gasteiger partial charge in [-0.15, -0.1) is 0 Å². The summed E-state index contributed by atoms with van der Waals surface area (Å²) in [5.41, 5.74) is 0.0617. The van der Waals surface area contributed by atoms with Crippen molar-refractivity contribution in [3.8, 4) is 11.5 Å². The highest BCUT2D eigenvalue weighted by Gasteiger charge is 2.13. The number of phenolic OH excluding ortho intramolecular Hbond substituents is 1. The molecule has 3 N–H and O–H groups in total. The van der Waals surface area contributed by atoms with Gasteiger partial charge >= 0.3 is 0 Å². The number of ether oxygens (including phenoxy) is 1. The Hall–Kier alpha value is -1.80. The van der Waals surface area contributed by atoms with Crippen LogP contribution in [0.25, 0.3) is 0 Å². The maximum Gasteiger partial charge on any atom is 0.255 e. The van der Waals surface area contributed by atoms with E-state index in [1.165, 1.54) is 25.3 Å². The predicted octanol–water partition coefficient (Wildman–Crippen LogP) is 0.0699. The minimum absolute atomic E-state index is 0.0420. The zero-order valence-corrected chi connectivity index (χ0v) is 12.2. The topological polar surface area (TPSA) is 105 Å². The minimum Gasteiger partial charge on any atom is -0.507 e. The van der Waals surface area contributed by atoms with Crippen molar-refractivity contribution in [1.82, 2.24) is 10.0 Å². The molecule has 0 aromatic heterocycles. The normalized spacial score (nSPS) is 11.1. The number of carbonyl (C=O) groups is 1. The van der Waals surface area contributed by atoms with E-state index in [9.17, 15) is 18.3 Å². The molecule has 0 spiro atoms. The molecule has 8 heteroatoms. The van der Waals surface area contributed by atoms with Crippen molar-refractivity contribution in [3.63, 3.8) is 0 Å². The molecule has 0 saturated carbocycles. The average molecular weight is 302 g/mol. The third-order valence-electron chi connectivity index (χ3n) is 2.47. The van der Waals surface area contributed by atoms with Gasteiger partial charge in [0.1, 0.15) is 11.5 Å². The molecule has 0 bridgehead atoms. The summed E-state index contributed by atoms with van der Waals surface area (Å²) in [5, 5.41) is 12.1. The van der Waals surface area contributed by atoms with Gasteiger partial charge in [0.05, 0.1) is 18.4 Å². The SMILES string of the molecule is CCNS(=O)(=O)CCNC(=O)c1ccc(OC)cc1O. The summed E-state index contributed by atoms with van der Waals surface area (Å²) < 4.78 is 30.0. The maximum absolute atomic E-state index is 11.8. The molecular weight excluding hydrogens is 284 g/mol. The van der Waals surface area contributed by atoms with E-state index in [4.69, 9.17) is 4.74 Å². The second-order valence-corrected chi connectivity index (χ2v) is 5.88. The van der Waals surface area contributed by atoms with Crippen molar-refractivity contribution in [3.05, 3.63) is 23.8 Å². The molecule has 1 aromatic carbocycles. The van der Waals surface area contributed by atoms with Crippen LogP contribution in [0.3, 0.4) is 0 Å². The highest BCUT2D eigenvalue weighted by atomic mass is 32.2. The van der Waals surface area contributed by atoms with E-state index in [2.05, 4.69) is 10.0 Å². The Morgan fingerprint density at radius 2 is 2.10 bits per heavy atom. The van der Waals surface area contributed by atoms with E-state index in [-0.39, 0.29) is 23.6 Å². The molecule has 0 fully saturated rings. The molecule has 0 heterocycles. The van der Waals surface area contributed by atoms with Crippen LogP contribution in [0.2, 0.25) is 0 Å². The lowest BCUT2D eigenvalue weighted by molar-refractivity contribution is 0.0953. The van der Waals surface area contributed by atoms with Crippen LogP contribution < -0.4 is 14.8 Å². The van der Waals surface area contributed by atoms with Crippen molar-refractivity contribution in [2.45, 2.75) is 6.92 Å². The lowest BCUT2D eigenvalue weighted by atomic mass is 10.2. The Morgan fingerprint density at radius 1 is 1.40 bits per heavy atom. The number of hydrogen-bond donors (Lipinski definition) is 3. The first-order valence-corrected chi connectivity index (χ1v) is 7.67. The summed E-state index contributed by atoms with van der Waals surface area (Å²) in [6, 6.07) is 4.25. The first kappa shape index (κ1) is 16.3. The lowest BCUT2D eigenvalue weighted by Crippen LogP contribution is -2.34. The van der Waals surface area contributed by atoms with Crippen LogP contribution in [0.1, 0.15) is 17.3 Å². The third kappa shape index (κ3) is 4.71. The van der Waals surface area contributed by atoms with Gasteiger partial charge in [0.15, 0.2) is 0 Å². The van der Waals surface area contributed by atoms with Gasteiger partial charge in [-0.05, 0) is 12.1 Å². The molecule has 0 unspecified atom stereocenters. The Bertz CT molecular complexity index is 571. The smallest absolute Gasteiger partial charge is 0.255 e. The number of amides is 1. The molecule has 0 saturated heterocycles. The van der Waals surface area contributed by atoms with Gasteiger partial charge in [0, 0.05) is 19.2 Å². The van der Waals surface area contributed by atoms with E-state index >= 15 is 0 Å². The van der Waals surface area contributed by atoms with Crippen molar-refractivity contribution in [1.29, 1.82) is 0 Å². The summed E-state index contributed by atoms with van der Waals surface area (Å²) in [6.45, 7) is 1.93. The molecular formula is C12H18N2O5S. The van der Waals surface area contributed by atoms with Crippen LogP contribution in [-0.2, 0) is 10.0 Å². The fourth-order valence-electron chi connectivity index (χ4n) is 1.52. The van der Waals surface area contributed by atoms with Gasteiger partial charge in [0.25, 0.3) is 5.91 Å². The largest absolute Gasteiger partial charge is 0.507 e. The summed E-state index contributed by atoms with van der Waals surface area (Å²) >= 11 is 0. The van der Waals surface area contributed by atoms with Crippen LogP contribution in [0.15, 0.2) is 18.2 Å². The molecule has 7 nitrogen and oxygen atoms in total. The number of benzene rings is 1. The third-order valence-corrected chi connectivity index (χ3v) is 3.94. The van der Waals surface area contributed by atoms with Crippen LogP contribution in [0.4, 0.5) is 0 Å². The molecule has 0 atom stereocenters. The van der Waals surface area contributed by atoms with E-state index in [0.717, 1.165) is 0 Å². The van der Waals surface area contributed by atoms with Gasteiger partial charge in [-0.25, -0.2) is 13.1 Å². The molecule has 1 aromatic rings. The van der Waals surface area contributed by atoms with Crippen molar-refractivity contribution < 1.29 is 23.1 Å². The Labute approximate surface area is 118 Å². The Morgan fingerprint density at radius 3 is 2.65 bits per heavy atom. The molecule has 0 radical (unpaired) electrons. The standard InChI is InChI=1S/C12H18N2O5S/c1-3-14-20(17,18)7-6-13-12(16)10-5-4-9(19-2)8-11(10)15/h4-5,8,14-15H,3,6-7H2,1-2H3,(H,13,16). The van der Waals surface area contributed by atoms with Gasteiger partial charge in [-0.3, -0.25) is 4.79 Å². The number of carbonyl (C=O) groups excluding carboxylic acids is 1. The molecule has 1 amide bonds. The lowest BCUT2D eigenvalue weighted by Gasteiger charge is -2.08. The fourth-order valence-corrected chi connectivity index (χ4v) is 2.47. The number of rotatable bonds is 7. The van der Waals surface area contributed by atoms with E-state index in [0.29, 0.717) is 12.3 Å².